The van der Waals surface area contributed by atoms with Crippen LogP contribution in [-0.2, 0) is 16.0 Å². The van der Waals surface area contributed by atoms with E-state index in [0.717, 1.165) is 45.2 Å². The van der Waals surface area contributed by atoms with Gasteiger partial charge < -0.3 is 19.0 Å². The molecule has 1 aliphatic heterocycles. The van der Waals surface area contributed by atoms with Crippen LogP contribution in [0, 0.1) is 0 Å². The normalized spacial score (nSPS) is 18.0. The second kappa shape index (κ2) is 10.1. The van der Waals surface area contributed by atoms with Crippen LogP contribution in [-0.4, -0.2) is 79.7 Å². The van der Waals surface area contributed by atoms with Gasteiger partial charge in [0.2, 0.25) is 0 Å². The van der Waals surface area contributed by atoms with Gasteiger partial charge in [-0.05, 0) is 26.0 Å². The monoisotopic (exact) mass is 326 g/mol. The Hall–Kier alpha value is -0.920. The van der Waals surface area contributed by atoms with Crippen molar-refractivity contribution in [3.63, 3.8) is 0 Å². The van der Waals surface area contributed by atoms with Crippen LogP contribution in [0.3, 0.4) is 0 Å². The molecule has 1 aromatic rings. The second-order valence-corrected chi connectivity index (χ2v) is 6.30. The van der Waals surface area contributed by atoms with E-state index in [1.807, 2.05) is 26.0 Å². The quantitative estimate of drug-likeness (QED) is 0.697. The van der Waals surface area contributed by atoms with Gasteiger partial charge in [-0.25, -0.2) is 0 Å². The van der Waals surface area contributed by atoms with Crippen LogP contribution in [0.25, 0.3) is 0 Å². The molecule has 1 aliphatic rings. The molecule has 2 rings (SSSR count). The number of morpholine rings is 1. The fourth-order valence-electron chi connectivity index (χ4n) is 2.62. The fraction of sp³-hybridized carbons (Fsp3) is 0.765. The highest BCUT2D eigenvalue weighted by atomic mass is 16.5. The number of aliphatic hydroxyl groups excluding tert-OH is 1. The van der Waals surface area contributed by atoms with E-state index in [4.69, 9.17) is 13.9 Å². The Kier molecular flexibility index (Phi) is 8.05. The molecule has 2 heterocycles. The van der Waals surface area contributed by atoms with Crippen LogP contribution in [0.4, 0.5) is 0 Å². The van der Waals surface area contributed by atoms with Gasteiger partial charge in [-0.1, -0.05) is 0 Å². The first-order chi connectivity index (χ1) is 11.1. The number of hydrogen-bond acceptors (Lipinski definition) is 6. The molecule has 0 aliphatic carbocycles. The molecule has 6 heteroatoms. The van der Waals surface area contributed by atoms with Gasteiger partial charge in [0.05, 0.1) is 44.8 Å². The molecule has 0 amide bonds. The molecule has 0 spiro atoms. The molecule has 1 aromatic heterocycles. The summed E-state index contributed by atoms with van der Waals surface area (Å²) in [6.07, 6.45) is 1.34. The lowest BCUT2D eigenvalue weighted by atomic mass is 10.3. The highest BCUT2D eigenvalue weighted by Crippen LogP contribution is 2.08. The summed E-state index contributed by atoms with van der Waals surface area (Å²) in [5.74, 6) is 0.920. The molecule has 6 nitrogen and oxygen atoms in total. The van der Waals surface area contributed by atoms with Gasteiger partial charge in [-0.2, -0.15) is 0 Å². The van der Waals surface area contributed by atoms with Gasteiger partial charge in [0.1, 0.15) is 5.76 Å². The van der Waals surface area contributed by atoms with Gasteiger partial charge in [-0.3, -0.25) is 9.80 Å². The Morgan fingerprint density at radius 1 is 1.35 bits per heavy atom. The molecule has 0 radical (unpaired) electrons. The predicted molar refractivity (Wildman–Crippen MR) is 88.3 cm³/mol. The van der Waals surface area contributed by atoms with Crippen LogP contribution in [0.15, 0.2) is 22.8 Å². The Morgan fingerprint density at radius 3 is 2.78 bits per heavy atom. The second-order valence-electron chi connectivity index (χ2n) is 6.30. The SMILES string of the molecule is CC(C)OC[C@H](O)CN(CCN1CCOCC1)Cc1ccco1. The Labute approximate surface area is 139 Å². The number of furan rings is 1. The zero-order valence-corrected chi connectivity index (χ0v) is 14.3. The lowest BCUT2D eigenvalue weighted by molar-refractivity contribution is -0.0136. The minimum Gasteiger partial charge on any atom is -0.468 e. The van der Waals surface area contributed by atoms with E-state index >= 15 is 0 Å². The molecule has 0 saturated carbocycles. The first-order valence-electron chi connectivity index (χ1n) is 8.48. The maximum Gasteiger partial charge on any atom is 0.117 e. The molecule has 132 valence electrons. The molecular weight excluding hydrogens is 296 g/mol. The predicted octanol–water partition coefficient (Wildman–Crippen LogP) is 1.20. The van der Waals surface area contributed by atoms with Gasteiger partial charge in [-0.15, -0.1) is 0 Å². The van der Waals surface area contributed by atoms with E-state index < -0.39 is 6.10 Å². The maximum atomic E-state index is 10.2. The maximum absolute atomic E-state index is 10.2. The summed E-state index contributed by atoms with van der Waals surface area (Å²) in [4.78, 5) is 4.62. The van der Waals surface area contributed by atoms with Crippen molar-refractivity contribution < 1.29 is 19.0 Å². The zero-order valence-electron chi connectivity index (χ0n) is 14.3. The molecule has 1 saturated heterocycles. The molecule has 1 atom stereocenters. The average Bonchev–Trinajstić information content (AvgIpc) is 3.04. The first kappa shape index (κ1) is 18.4. The van der Waals surface area contributed by atoms with Crippen molar-refractivity contribution in [3.05, 3.63) is 24.2 Å². The number of rotatable bonds is 10. The zero-order chi connectivity index (χ0) is 16.5. The topological polar surface area (TPSA) is 58.3 Å². The standard InChI is InChI=1S/C17H30N2O4/c1-15(2)23-14-16(20)12-19(13-17-4-3-9-22-17)6-5-18-7-10-21-11-8-18/h3-4,9,15-16,20H,5-8,10-14H2,1-2H3/t16-/m1/s1. The highest BCUT2D eigenvalue weighted by molar-refractivity contribution is 4.98. The summed E-state index contributed by atoms with van der Waals surface area (Å²) in [6, 6.07) is 3.87. The molecule has 0 aromatic carbocycles. The van der Waals surface area contributed by atoms with Crippen LogP contribution in [0.2, 0.25) is 0 Å². The minimum absolute atomic E-state index is 0.136. The summed E-state index contributed by atoms with van der Waals surface area (Å²) in [6.45, 7) is 11.0. The fourth-order valence-corrected chi connectivity index (χ4v) is 2.62. The van der Waals surface area contributed by atoms with Gasteiger partial charge in [0.15, 0.2) is 0 Å². The van der Waals surface area contributed by atoms with Crippen LogP contribution in [0.1, 0.15) is 19.6 Å². The van der Waals surface area contributed by atoms with Crippen molar-refractivity contribution in [2.75, 3.05) is 52.5 Å². The van der Waals surface area contributed by atoms with Crippen molar-refractivity contribution in [3.8, 4) is 0 Å². The molecule has 1 N–H and O–H groups in total. The summed E-state index contributed by atoms with van der Waals surface area (Å²) < 4.78 is 16.3. The van der Waals surface area contributed by atoms with Crippen molar-refractivity contribution in [1.29, 1.82) is 0 Å². The average molecular weight is 326 g/mol. The van der Waals surface area contributed by atoms with E-state index in [2.05, 4.69) is 9.80 Å². The number of hydrogen-bond donors (Lipinski definition) is 1. The Morgan fingerprint density at radius 2 is 2.13 bits per heavy atom. The first-order valence-corrected chi connectivity index (χ1v) is 8.48. The molecule has 1 fully saturated rings. The molecule has 23 heavy (non-hydrogen) atoms. The van der Waals surface area contributed by atoms with Crippen molar-refractivity contribution in [1.82, 2.24) is 9.80 Å². The third-order valence-electron chi connectivity index (χ3n) is 3.89. The Balaban J connectivity index is 1.80. The number of aliphatic hydroxyl groups is 1. The van der Waals surface area contributed by atoms with E-state index in [1.165, 1.54) is 0 Å². The van der Waals surface area contributed by atoms with Crippen molar-refractivity contribution in [2.24, 2.45) is 0 Å². The van der Waals surface area contributed by atoms with Crippen molar-refractivity contribution >= 4 is 0 Å². The summed E-state index contributed by atoms with van der Waals surface area (Å²) >= 11 is 0. The Bertz CT molecular complexity index is 405. The van der Waals surface area contributed by atoms with E-state index in [-0.39, 0.29) is 6.10 Å². The third kappa shape index (κ3) is 7.46. The van der Waals surface area contributed by atoms with E-state index in [1.54, 1.807) is 6.26 Å². The van der Waals surface area contributed by atoms with Crippen LogP contribution >= 0.6 is 0 Å². The van der Waals surface area contributed by atoms with Gasteiger partial charge in [0, 0.05) is 32.7 Å². The highest BCUT2D eigenvalue weighted by Gasteiger charge is 2.17. The number of nitrogens with zero attached hydrogens (tertiary/aromatic N) is 2. The largest absolute Gasteiger partial charge is 0.468 e. The van der Waals surface area contributed by atoms with Gasteiger partial charge in [0.25, 0.3) is 0 Å². The van der Waals surface area contributed by atoms with E-state index in [9.17, 15) is 5.11 Å². The molecule has 0 bridgehead atoms. The van der Waals surface area contributed by atoms with Crippen molar-refractivity contribution in [2.45, 2.75) is 32.6 Å². The molecule has 0 unspecified atom stereocenters. The lowest BCUT2D eigenvalue weighted by Crippen LogP contribution is -2.43. The van der Waals surface area contributed by atoms with Crippen LogP contribution < -0.4 is 0 Å². The lowest BCUT2D eigenvalue weighted by Gasteiger charge is -2.30. The number of ether oxygens (including phenoxy) is 2. The summed E-state index contributed by atoms with van der Waals surface area (Å²) in [5, 5.41) is 10.2. The third-order valence-corrected chi connectivity index (χ3v) is 3.89. The summed E-state index contributed by atoms with van der Waals surface area (Å²) in [5.41, 5.74) is 0. The molecular formula is C17H30N2O4. The summed E-state index contributed by atoms with van der Waals surface area (Å²) in [7, 11) is 0. The van der Waals surface area contributed by atoms with Gasteiger partial charge >= 0.3 is 0 Å². The minimum atomic E-state index is -0.489. The smallest absolute Gasteiger partial charge is 0.117 e. The van der Waals surface area contributed by atoms with Crippen LogP contribution in [0.5, 0.6) is 0 Å². The van der Waals surface area contributed by atoms with E-state index in [0.29, 0.717) is 19.7 Å².